The molecule has 2 aliphatic rings. The maximum Gasteiger partial charge on any atom is 0.156 e. The smallest absolute Gasteiger partial charge is 0.156 e. The van der Waals surface area contributed by atoms with Crippen molar-refractivity contribution in [1.82, 2.24) is 5.32 Å². The van der Waals surface area contributed by atoms with E-state index in [0.717, 1.165) is 31.1 Å². The van der Waals surface area contributed by atoms with Crippen molar-refractivity contribution in [1.29, 1.82) is 0 Å². The van der Waals surface area contributed by atoms with Crippen LogP contribution in [0.25, 0.3) is 0 Å². The summed E-state index contributed by atoms with van der Waals surface area (Å²) in [7, 11) is 0. The van der Waals surface area contributed by atoms with Crippen LogP contribution in [0.15, 0.2) is 4.99 Å². The van der Waals surface area contributed by atoms with Gasteiger partial charge in [-0.2, -0.15) is 0 Å². The van der Waals surface area contributed by atoms with Crippen molar-refractivity contribution in [3.05, 3.63) is 0 Å². The van der Waals surface area contributed by atoms with E-state index in [-0.39, 0.29) is 30.4 Å². The summed E-state index contributed by atoms with van der Waals surface area (Å²) in [5.41, 5.74) is 5.75. The number of hydrogen-bond acceptors (Lipinski definition) is 8. The third-order valence-corrected chi connectivity index (χ3v) is 8.80. The third-order valence-electron chi connectivity index (χ3n) is 8.80. The minimum Gasteiger partial charge on any atom is -0.395 e. The number of nitrogens with two attached hydrogens (primary N) is 1. The zero-order valence-corrected chi connectivity index (χ0v) is 22.4. The average Bonchev–Trinajstić information content (AvgIpc) is 2.81. The second-order valence-corrected chi connectivity index (χ2v) is 12.2. The Bertz CT molecular complexity index is 621. The molecule has 0 radical (unpaired) electrons. The molecule has 0 aromatic carbocycles. The summed E-state index contributed by atoms with van der Waals surface area (Å²) in [5, 5.41) is 52.3. The van der Waals surface area contributed by atoms with E-state index in [1.54, 1.807) is 0 Å². The van der Waals surface area contributed by atoms with Gasteiger partial charge in [0.15, 0.2) is 6.29 Å². The van der Waals surface area contributed by atoms with Crippen LogP contribution in [0.3, 0.4) is 0 Å². The quantitative estimate of drug-likeness (QED) is 0.161. The molecule has 2 saturated carbocycles. The first-order chi connectivity index (χ1) is 16.5. The molecule has 8 N–H and O–H groups in total. The van der Waals surface area contributed by atoms with Crippen LogP contribution in [0.2, 0.25) is 0 Å². The van der Waals surface area contributed by atoms with Crippen LogP contribution in [0.1, 0.15) is 91.9 Å². The second kappa shape index (κ2) is 14.4. The van der Waals surface area contributed by atoms with Crippen molar-refractivity contribution < 1.29 is 25.5 Å². The highest BCUT2D eigenvalue weighted by atomic mass is 16.5. The topological polar surface area (TPSA) is 152 Å². The molecule has 0 spiro atoms. The fourth-order valence-electron chi connectivity index (χ4n) is 6.20. The summed E-state index contributed by atoms with van der Waals surface area (Å²) in [4.78, 5) is 4.68. The van der Waals surface area contributed by atoms with Crippen molar-refractivity contribution in [3.8, 4) is 0 Å². The number of nitrogens with zero attached hydrogens (tertiary/aromatic N) is 1. The van der Waals surface area contributed by atoms with Gasteiger partial charge in [-0.1, -0.05) is 34.1 Å². The van der Waals surface area contributed by atoms with Crippen molar-refractivity contribution in [2.75, 3.05) is 13.2 Å². The van der Waals surface area contributed by atoms with Gasteiger partial charge in [-0.05, 0) is 86.4 Å². The average molecular weight is 500 g/mol. The number of rotatable bonds is 12. The van der Waals surface area contributed by atoms with Gasteiger partial charge in [0.05, 0.1) is 12.3 Å². The molecule has 2 rings (SSSR count). The number of hydrogen-bond donors (Lipinski definition) is 7. The minimum atomic E-state index is -1.58. The molecule has 3 unspecified atom stereocenters. The molecule has 0 amide bonds. The zero-order chi connectivity index (χ0) is 26.2. The molecular weight excluding hydrogens is 446 g/mol. The van der Waals surface area contributed by atoms with Crippen LogP contribution in [-0.4, -0.2) is 69.2 Å². The maximum atomic E-state index is 10.8. The van der Waals surface area contributed by atoms with E-state index in [0.29, 0.717) is 24.1 Å². The second-order valence-electron chi connectivity index (χ2n) is 12.2. The van der Waals surface area contributed by atoms with E-state index >= 15 is 0 Å². The Morgan fingerprint density at radius 1 is 0.914 bits per heavy atom. The molecular formula is C27H53N3O5. The van der Waals surface area contributed by atoms with Gasteiger partial charge in [-0.25, -0.2) is 0 Å². The molecule has 0 saturated heterocycles. The Kier molecular flexibility index (Phi) is 12.6. The maximum absolute atomic E-state index is 10.8. The molecule has 35 heavy (non-hydrogen) atoms. The Morgan fingerprint density at radius 3 is 1.83 bits per heavy atom. The predicted molar refractivity (Wildman–Crippen MR) is 139 cm³/mol. The Labute approximate surface area is 212 Å². The lowest BCUT2D eigenvalue weighted by atomic mass is 9.67. The van der Waals surface area contributed by atoms with Crippen molar-refractivity contribution in [3.63, 3.8) is 0 Å². The van der Waals surface area contributed by atoms with Crippen molar-refractivity contribution in [2.24, 2.45) is 45.7 Å². The largest absolute Gasteiger partial charge is 0.395 e. The van der Waals surface area contributed by atoms with E-state index in [1.807, 2.05) is 20.8 Å². The first-order valence-corrected chi connectivity index (χ1v) is 13.8. The van der Waals surface area contributed by atoms with E-state index in [4.69, 9.17) is 5.73 Å². The molecule has 206 valence electrons. The van der Waals surface area contributed by atoms with E-state index in [9.17, 15) is 25.5 Å². The van der Waals surface area contributed by atoms with Crippen LogP contribution in [-0.2, 0) is 0 Å². The molecule has 0 aromatic heterocycles. The van der Waals surface area contributed by atoms with E-state index in [1.165, 1.54) is 38.5 Å². The van der Waals surface area contributed by atoms with Gasteiger partial charge in [0, 0.05) is 19.0 Å². The van der Waals surface area contributed by atoms with Crippen LogP contribution >= 0.6 is 0 Å². The number of nitrogens with one attached hydrogen (secondary N) is 1. The molecule has 2 aliphatic carbocycles. The molecule has 0 bridgehead atoms. The Balaban J connectivity index is 1.93. The van der Waals surface area contributed by atoms with Crippen molar-refractivity contribution in [2.45, 2.75) is 117 Å². The van der Waals surface area contributed by atoms with Crippen molar-refractivity contribution >= 4 is 5.71 Å². The molecule has 2 fully saturated rings. The third kappa shape index (κ3) is 9.65. The van der Waals surface area contributed by atoms with Gasteiger partial charge in [-0.15, -0.1) is 0 Å². The summed E-state index contributed by atoms with van der Waals surface area (Å²) in [6.07, 6.45) is 6.76. The molecule has 8 heteroatoms. The number of aliphatic hydroxyl groups excluding tert-OH is 4. The van der Waals surface area contributed by atoms with Gasteiger partial charge in [-0.3, -0.25) is 10.3 Å². The molecule has 0 aliphatic heterocycles. The molecule has 0 heterocycles. The summed E-state index contributed by atoms with van der Waals surface area (Å²) in [6, 6.07) is -0.348. The fourth-order valence-corrected chi connectivity index (χ4v) is 6.20. The summed E-state index contributed by atoms with van der Waals surface area (Å²) in [6.45, 7) is 8.53. The predicted octanol–water partition coefficient (Wildman–Crippen LogP) is 2.36. The Hall–Kier alpha value is -0.610. The number of aliphatic hydroxyl groups is 5. The minimum absolute atomic E-state index is 0.125. The van der Waals surface area contributed by atoms with Gasteiger partial charge >= 0.3 is 0 Å². The van der Waals surface area contributed by atoms with Crippen LogP contribution < -0.4 is 11.1 Å². The normalized spacial score (nSPS) is 30.2. The summed E-state index contributed by atoms with van der Waals surface area (Å²) < 4.78 is 0. The fraction of sp³-hybridized carbons (Fsp3) is 0.963. The van der Waals surface area contributed by atoms with Crippen LogP contribution in [0, 0.1) is 35.0 Å². The highest BCUT2D eigenvalue weighted by Gasteiger charge is 2.34. The number of aliphatic imine (C=N–C) groups is 1. The lowest BCUT2D eigenvalue weighted by Gasteiger charge is -2.40. The van der Waals surface area contributed by atoms with Gasteiger partial charge in [0.1, 0.15) is 12.5 Å². The summed E-state index contributed by atoms with van der Waals surface area (Å²) >= 11 is 0. The van der Waals surface area contributed by atoms with Gasteiger partial charge in [0.2, 0.25) is 0 Å². The molecule has 8 nitrogen and oxygen atoms in total. The SMILES string of the molecule is CCC(CN=C(CC(O)O)C(O)N[C@H](CO)C(C)(C)C)C1CCC(C2CCC(C(N)O)CC2)CC1. The Morgan fingerprint density at radius 2 is 1.43 bits per heavy atom. The molecule has 4 atom stereocenters. The van der Waals surface area contributed by atoms with E-state index < -0.39 is 18.7 Å². The lowest BCUT2D eigenvalue weighted by Crippen LogP contribution is -2.51. The van der Waals surface area contributed by atoms with E-state index in [2.05, 4.69) is 17.2 Å². The first kappa shape index (κ1) is 30.6. The lowest BCUT2D eigenvalue weighted by molar-refractivity contribution is -0.0348. The molecule has 0 aromatic rings. The highest BCUT2D eigenvalue weighted by molar-refractivity contribution is 5.88. The monoisotopic (exact) mass is 499 g/mol. The van der Waals surface area contributed by atoms with Crippen LogP contribution in [0.4, 0.5) is 0 Å². The first-order valence-electron chi connectivity index (χ1n) is 13.8. The van der Waals surface area contributed by atoms with Crippen LogP contribution in [0.5, 0.6) is 0 Å². The highest BCUT2D eigenvalue weighted by Crippen LogP contribution is 2.43. The summed E-state index contributed by atoms with van der Waals surface area (Å²) in [5.74, 6) is 2.77. The zero-order valence-electron chi connectivity index (χ0n) is 22.4. The van der Waals surface area contributed by atoms with Gasteiger partial charge < -0.3 is 31.3 Å². The van der Waals surface area contributed by atoms with Gasteiger partial charge in [0.25, 0.3) is 0 Å². The standard InChI is InChI=1S/C27H53N3O5/c1-5-17(15-29-22(14-24(32)33)26(35)30-23(16-31)27(2,3)4)18-6-8-19(9-7-18)20-10-12-21(13-11-20)25(28)34/h17-21,23-26,30-35H,5-16,28H2,1-4H3/t17?,18?,19?,20?,21?,23-,25?,26?/m1/s1.